The van der Waals surface area contributed by atoms with Gasteiger partial charge in [0.1, 0.15) is 0 Å². The quantitative estimate of drug-likeness (QED) is 0.886. The van der Waals surface area contributed by atoms with Crippen molar-refractivity contribution < 1.29 is 8.42 Å². The number of rotatable bonds is 4. The van der Waals surface area contributed by atoms with Gasteiger partial charge in [-0.2, -0.15) is 13.1 Å². The zero-order valence-corrected chi connectivity index (χ0v) is 12.6. The molecule has 1 aromatic carbocycles. The lowest BCUT2D eigenvalue weighted by atomic mass is 9.94. The van der Waals surface area contributed by atoms with E-state index in [1.807, 2.05) is 0 Å². The molecule has 2 aliphatic rings. The SMILES string of the molecule is CCNS(=O)(=O)NC1[C@@H]2CC[C@H]1Cc1ccccc1C2. The molecule has 3 atom stereocenters. The Balaban J connectivity index is 1.82. The second kappa shape index (κ2) is 5.47. The van der Waals surface area contributed by atoms with Crippen LogP contribution in [0.25, 0.3) is 0 Å². The van der Waals surface area contributed by atoms with Crippen LogP contribution in [0.15, 0.2) is 24.3 Å². The monoisotopic (exact) mass is 294 g/mol. The summed E-state index contributed by atoms with van der Waals surface area (Å²) in [5.74, 6) is 0.856. The second-order valence-corrected chi connectivity index (χ2v) is 7.45. The van der Waals surface area contributed by atoms with Crippen molar-refractivity contribution >= 4 is 10.2 Å². The van der Waals surface area contributed by atoms with Crippen molar-refractivity contribution in [1.29, 1.82) is 0 Å². The molecular formula is C15H22N2O2S. The van der Waals surface area contributed by atoms with E-state index in [1.54, 1.807) is 6.92 Å². The van der Waals surface area contributed by atoms with Crippen molar-refractivity contribution in [2.75, 3.05) is 6.54 Å². The first kappa shape index (κ1) is 14.0. The van der Waals surface area contributed by atoms with Gasteiger partial charge in [-0.3, -0.25) is 0 Å². The molecule has 1 unspecified atom stereocenters. The third-order valence-corrected chi connectivity index (χ3v) is 5.88. The van der Waals surface area contributed by atoms with Gasteiger partial charge in [-0.1, -0.05) is 31.2 Å². The van der Waals surface area contributed by atoms with E-state index in [2.05, 4.69) is 33.7 Å². The smallest absolute Gasteiger partial charge is 0.203 e. The Morgan fingerprint density at radius 1 is 1.10 bits per heavy atom. The average molecular weight is 294 g/mol. The number of hydrogen-bond donors (Lipinski definition) is 2. The maximum absolute atomic E-state index is 12.0. The van der Waals surface area contributed by atoms with Crippen molar-refractivity contribution in [3.05, 3.63) is 35.4 Å². The van der Waals surface area contributed by atoms with Crippen LogP contribution in [-0.4, -0.2) is 21.0 Å². The highest BCUT2D eigenvalue weighted by molar-refractivity contribution is 7.87. The van der Waals surface area contributed by atoms with Crippen LogP contribution in [0, 0.1) is 11.8 Å². The third kappa shape index (κ3) is 2.75. The van der Waals surface area contributed by atoms with Gasteiger partial charge in [0.05, 0.1) is 0 Å². The van der Waals surface area contributed by atoms with Crippen molar-refractivity contribution in [3.63, 3.8) is 0 Å². The summed E-state index contributed by atoms with van der Waals surface area (Å²) in [6, 6.07) is 8.61. The van der Waals surface area contributed by atoms with Crippen LogP contribution in [0.1, 0.15) is 30.9 Å². The van der Waals surface area contributed by atoms with Crippen LogP contribution >= 0.6 is 0 Å². The molecule has 2 bridgehead atoms. The second-order valence-electron chi connectivity index (χ2n) is 5.92. The average Bonchev–Trinajstić information content (AvgIpc) is 2.65. The molecule has 2 aliphatic carbocycles. The van der Waals surface area contributed by atoms with Gasteiger partial charge in [0.2, 0.25) is 0 Å². The first-order chi connectivity index (χ1) is 9.59. The lowest BCUT2D eigenvalue weighted by Gasteiger charge is -2.23. The van der Waals surface area contributed by atoms with Gasteiger partial charge >= 0.3 is 0 Å². The Morgan fingerprint density at radius 3 is 2.15 bits per heavy atom. The van der Waals surface area contributed by atoms with E-state index in [0.717, 1.165) is 25.7 Å². The molecule has 5 heteroatoms. The Hall–Kier alpha value is -0.910. The molecule has 20 heavy (non-hydrogen) atoms. The van der Waals surface area contributed by atoms with Crippen molar-refractivity contribution in [3.8, 4) is 0 Å². The van der Waals surface area contributed by atoms with Crippen LogP contribution in [0.3, 0.4) is 0 Å². The molecular weight excluding hydrogens is 272 g/mol. The summed E-state index contributed by atoms with van der Waals surface area (Å²) in [5, 5.41) is 0. The Morgan fingerprint density at radius 2 is 1.65 bits per heavy atom. The van der Waals surface area contributed by atoms with Gasteiger partial charge < -0.3 is 0 Å². The number of nitrogens with one attached hydrogen (secondary N) is 2. The van der Waals surface area contributed by atoms with Crippen molar-refractivity contribution in [2.24, 2.45) is 11.8 Å². The highest BCUT2D eigenvalue weighted by Crippen LogP contribution is 2.40. The fourth-order valence-corrected chi connectivity index (χ4v) is 4.96. The summed E-state index contributed by atoms with van der Waals surface area (Å²) in [7, 11) is -3.36. The Kier molecular flexibility index (Phi) is 3.84. The summed E-state index contributed by atoms with van der Waals surface area (Å²) in [5.41, 5.74) is 2.79. The standard InChI is InChI=1S/C15H22N2O2S/c1-2-16-20(18,19)17-15-13-7-8-14(15)10-12-6-4-3-5-11(12)9-13/h3-6,13-17H,2,7-10H2,1H3/t13-,14+,15?. The van der Waals surface area contributed by atoms with Crippen LogP contribution in [0.5, 0.6) is 0 Å². The zero-order chi connectivity index (χ0) is 14.2. The first-order valence-electron chi connectivity index (χ1n) is 7.43. The molecule has 0 spiro atoms. The van der Waals surface area contributed by atoms with Gasteiger partial charge in [0.15, 0.2) is 0 Å². The molecule has 1 fully saturated rings. The number of benzene rings is 1. The van der Waals surface area contributed by atoms with E-state index in [-0.39, 0.29) is 6.04 Å². The minimum absolute atomic E-state index is 0.0754. The number of hydrogen-bond acceptors (Lipinski definition) is 2. The van der Waals surface area contributed by atoms with E-state index < -0.39 is 10.2 Å². The molecule has 0 saturated heterocycles. The van der Waals surface area contributed by atoms with E-state index in [4.69, 9.17) is 0 Å². The fraction of sp³-hybridized carbons (Fsp3) is 0.600. The summed E-state index contributed by atoms with van der Waals surface area (Å²) < 4.78 is 29.4. The lowest BCUT2D eigenvalue weighted by molar-refractivity contribution is 0.384. The number of fused-ring (bicyclic) bond motifs is 3. The maximum atomic E-state index is 12.0. The summed E-state index contributed by atoms with van der Waals surface area (Å²) in [6.45, 7) is 2.23. The maximum Gasteiger partial charge on any atom is 0.277 e. The van der Waals surface area contributed by atoms with Crippen LogP contribution in [0.2, 0.25) is 0 Å². The predicted octanol–water partition coefficient (Wildman–Crippen LogP) is 1.62. The van der Waals surface area contributed by atoms with E-state index >= 15 is 0 Å². The van der Waals surface area contributed by atoms with E-state index in [1.165, 1.54) is 11.1 Å². The fourth-order valence-electron chi connectivity index (χ4n) is 3.75. The van der Waals surface area contributed by atoms with E-state index in [0.29, 0.717) is 18.4 Å². The summed E-state index contributed by atoms with van der Waals surface area (Å²) >= 11 is 0. The molecule has 1 aromatic rings. The lowest BCUT2D eigenvalue weighted by Crippen LogP contribution is -2.47. The largest absolute Gasteiger partial charge is 0.277 e. The summed E-state index contributed by atoms with van der Waals surface area (Å²) in [6.07, 6.45) is 4.23. The van der Waals surface area contributed by atoms with Gasteiger partial charge in [-0.05, 0) is 48.6 Å². The topological polar surface area (TPSA) is 58.2 Å². The molecule has 3 rings (SSSR count). The molecule has 0 aliphatic heterocycles. The molecule has 0 amide bonds. The normalized spacial score (nSPS) is 28.9. The first-order valence-corrected chi connectivity index (χ1v) is 8.91. The van der Waals surface area contributed by atoms with Crippen LogP contribution in [-0.2, 0) is 23.1 Å². The Bertz CT molecular complexity index is 552. The van der Waals surface area contributed by atoms with Gasteiger partial charge in [-0.25, -0.2) is 4.72 Å². The highest BCUT2D eigenvalue weighted by Gasteiger charge is 2.40. The van der Waals surface area contributed by atoms with Crippen molar-refractivity contribution in [1.82, 2.24) is 9.44 Å². The summed E-state index contributed by atoms with van der Waals surface area (Å²) in [4.78, 5) is 0. The van der Waals surface area contributed by atoms with Crippen molar-refractivity contribution in [2.45, 2.75) is 38.6 Å². The predicted molar refractivity (Wildman–Crippen MR) is 79.6 cm³/mol. The molecule has 4 nitrogen and oxygen atoms in total. The molecule has 0 aromatic heterocycles. The zero-order valence-electron chi connectivity index (χ0n) is 11.8. The van der Waals surface area contributed by atoms with Gasteiger partial charge in [0.25, 0.3) is 10.2 Å². The van der Waals surface area contributed by atoms with E-state index in [9.17, 15) is 8.42 Å². The van der Waals surface area contributed by atoms with Crippen LogP contribution in [0.4, 0.5) is 0 Å². The minimum atomic E-state index is -3.36. The third-order valence-electron chi connectivity index (χ3n) is 4.63. The molecule has 0 radical (unpaired) electrons. The molecule has 1 saturated carbocycles. The highest BCUT2D eigenvalue weighted by atomic mass is 32.2. The van der Waals surface area contributed by atoms with Gasteiger partial charge in [0, 0.05) is 12.6 Å². The van der Waals surface area contributed by atoms with Gasteiger partial charge in [-0.15, -0.1) is 0 Å². The molecule has 110 valence electrons. The minimum Gasteiger partial charge on any atom is -0.203 e. The van der Waals surface area contributed by atoms with Crippen LogP contribution < -0.4 is 9.44 Å². The molecule has 2 N–H and O–H groups in total. The molecule has 0 heterocycles. The Labute approximate surface area is 121 Å².